The molecule has 0 saturated heterocycles. The van der Waals surface area contributed by atoms with E-state index in [-0.39, 0.29) is 5.75 Å². The third-order valence-electron chi connectivity index (χ3n) is 2.18. The van der Waals surface area contributed by atoms with E-state index in [9.17, 15) is 12.3 Å². The fraction of sp³-hybridized carbons (Fsp3) is 0.182. The molecule has 0 spiro atoms. The maximum atomic E-state index is 12.3. The van der Waals surface area contributed by atoms with Gasteiger partial charge in [-0.05, 0) is 24.3 Å². The van der Waals surface area contributed by atoms with Gasteiger partial charge in [0.1, 0.15) is 18.1 Å². The molecule has 0 aliphatic heterocycles. The van der Waals surface area contributed by atoms with Gasteiger partial charge in [-0.3, -0.25) is 4.68 Å². The van der Waals surface area contributed by atoms with Crippen LogP contribution in [0.1, 0.15) is 5.56 Å². The average Bonchev–Trinajstić information content (AvgIpc) is 2.72. The number of ether oxygens (including phenoxy) is 1. The van der Waals surface area contributed by atoms with Gasteiger partial charge in [0.05, 0.1) is 6.20 Å². The van der Waals surface area contributed by atoms with E-state index < -0.39 is 10.5 Å². The quantitative estimate of drug-likeness (QED) is 0.781. The number of aryl methyl sites for hydroxylation is 1. The molecule has 1 heterocycles. The molecule has 0 atom stereocenters. The monoisotopic (exact) mass is 286 g/mol. The van der Waals surface area contributed by atoms with Gasteiger partial charge in [-0.15, -0.1) is 0 Å². The summed E-state index contributed by atoms with van der Waals surface area (Å²) < 4.78 is 43.9. The number of halogens is 1. The Morgan fingerprint density at radius 3 is 2.42 bits per heavy atom. The number of rotatable bonds is 5. The Hall–Kier alpha value is -2.09. The number of aromatic nitrogens is 2. The van der Waals surface area contributed by atoms with Crippen molar-refractivity contribution in [1.82, 2.24) is 9.78 Å². The molecule has 19 heavy (non-hydrogen) atoms. The maximum Gasteiger partial charge on any atom is 0.488 e. The molecule has 0 radical (unpaired) electrons. The van der Waals surface area contributed by atoms with Crippen molar-refractivity contribution in [1.29, 1.82) is 0 Å². The fourth-order valence-electron chi connectivity index (χ4n) is 1.42. The summed E-state index contributed by atoms with van der Waals surface area (Å²) in [6.07, 6.45) is 3.49. The van der Waals surface area contributed by atoms with E-state index in [2.05, 4.69) is 9.28 Å². The molecule has 0 aliphatic carbocycles. The van der Waals surface area contributed by atoms with Crippen molar-refractivity contribution >= 4 is 10.5 Å². The summed E-state index contributed by atoms with van der Waals surface area (Å²) in [4.78, 5) is 0. The van der Waals surface area contributed by atoms with Crippen LogP contribution in [0.25, 0.3) is 0 Å². The van der Waals surface area contributed by atoms with E-state index in [0.29, 0.717) is 12.4 Å². The first kappa shape index (κ1) is 13.3. The zero-order valence-corrected chi connectivity index (χ0v) is 10.8. The van der Waals surface area contributed by atoms with Gasteiger partial charge in [0, 0.05) is 18.8 Å². The molecule has 2 aromatic rings. The highest BCUT2D eigenvalue weighted by molar-refractivity contribution is 7.81. The Morgan fingerprint density at radius 2 is 1.89 bits per heavy atom. The lowest BCUT2D eigenvalue weighted by Gasteiger charge is -2.05. The van der Waals surface area contributed by atoms with Crippen LogP contribution < -0.4 is 8.92 Å². The first-order valence-corrected chi connectivity index (χ1v) is 6.58. The fourth-order valence-corrected chi connectivity index (χ4v) is 1.76. The normalized spacial score (nSPS) is 11.3. The van der Waals surface area contributed by atoms with Gasteiger partial charge < -0.3 is 8.92 Å². The van der Waals surface area contributed by atoms with Gasteiger partial charge >= 0.3 is 10.5 Å². The molecule has 0 aliphatic rings. The maximum absolute atomic E-state index is 12.3. The zero-order chi connectivity index (χ0) is 13.9. The molecule has 0 bridgehead atoms. The van der Waals surface area contributed by atoms with Crippen molar-refractivity contribution in [3.8, 4) is 11.5 Å². The lowest BCUT2D eigenvalue weighted by Crippen LogP contribution is -2.01. The van der Waals surface area contributed by atoms with Crippen LogP contribution in [0.4, 0.5) is 3.89 Å². The van der Waals surface area contributed by atoms with Crippen molar-refractivity contribution in [3.05, 3.63) is 42.2 Å². The van der Waals surface area contributed by atoms with Crippen LogP contribution in [0.5, 0.6) is 11.5 Å². The predicted octanol–water partition coefficient (Wildman–Crippen LogP) is 1.59. The molecule has 0 saturated carbocycles. The summed E-state index contributed by atoms with van der Waals surface area (Å²) in [6, 6.07) is 5.57. The van der Waals surface area contributed by atoms with Crippen LogP contribution in [0, 0.1) is 0 Å². The Labute approximate surface area is 109 Å². The van der Waals surface area contributed by atoms with Gasteiger partial charge in [-0.1, -0.05) is 3.89 Å². The second-order valence-corrected chi connectivity index (χ2v) is 4.71. The van der Waals surface area contributed by atoms with Crippen molar-refractivity contribution in [3.63, 3.8) is 0 Å². The minimum Gasteiger partial charge on any atom is -0.489 e. The van der Waals surface area contributed by atoms with Crippen LogP contribution in [-0.4, -0.2) is 18.2 Å². The van der Waals surface area contributed by atoms with Crippen LogP contribution in [0.2, 0.25) is 0 Å². The number of nitrogens with zero attached hydrogens (tertiary/aromatic N) is 2. The Morgan fingerprint density at radius 1 is 1.26 bits per heavy atom. The molecular weight excluding hydrogens is 275 g/mol. The SMILES string of the molecule is Cn1cc(COc2ccc(OS(=O)(=O)F)cc2)cn1. The Balaban J connectivity index is 1.95. The summed E-state index contributed by atoms with van der Waals surface area (Å²) in [5.74, 6) is 0.392. The van der Waals surface area contributed by atoms with Crippen molar-refractivity contribution in [2.24, 2.45) is 7.05 Å². The molecule has 2 rings (SSSR count). The van der Waals surface area contributed by atoms with Crippen LogP contribution in [0.15, 0.2) is 36.7 Å². The summed E-state index contributed by atoms with van der Waals surface area (Å²) >= 11 is 0. The lowest BCUT2D eigenvalue weighted by atomic mass is 10.3. The van der Waals surface area contributed by atoms with Gasteiger partial charge in [-0.25, -0.2) is 0 Å². The van der Waals surface area contributed by atoms with E-state index in [1.54, 1.807) is 17.9 Å². The van der Waals surface area contributed by atoms with Crippen LogP contribution >= 0.6 is 0 Å². The number of hydrogen-bond donors (Lipinski definition) is 0. The highest BCUT2D eigenvalue weighted by Crippen LogP contribution is 2.20. The molecular formula is C11H11FN2O4S. The predicted molar refractivity (Wildman–Crippen MR) is 64.6 cm³/mol. The lowest BCUT2D eigenvalue weighted by molar-refractivity contribution is 0.305. The van der Waals surface area contributed by atoms with E-state index in [4.69, 9.17) is 4.74 Å². The third kappa shape index (κ3) is 4.25. The topological polar surface area (TPSA) is 70.4 Å². The van der Waals surface area contributed by atoms with Crippen molar-refractivity contribution in [2.75, 3.05) is 0 Å². The summed E-state index contributed by atoms with van der Waals surface area (Å²) in [5, 5.41) is 3.99. The van der Waals surface area contributed by atoms with Crippen LogP contribution in [-0.2, 0) is 24.2 Å². The smallest absolute Gasteiger partial charge is 0.488 e. The Kier molecular flexibility index (Phi) is 3.70. The highest BCUT2D eigenvalue weighted by atomic mass is 32.3. The molecule has 0 fully saturated rings. The molecule has 0 unspecified atom stereocenters. The summed E-state index contributed by atoms with van der Waals surface area (Å²) in [6.45, 7) is 0.329. The van der Waals surface area contributed by atoms with E-state index >= 15 is 0 Å². The van der Waals surface area contributed by atoms with Gasteiger partial charge in [0.15, 0.2) is 0 Å². The van der Waals surface area contributed by atoms with Gasteiger partial charge in [0.25, 0.3) is 0 Å². The van der Waals surface area contributed by atoms with Gasteiger partial charge in [0.2, 0.25) is 0 Å². The van der Waals surface area contributed by atoms with Crippen LogP contribution in [0.3, 0.4) is 0 Å². The minimum absolute atomic E-state index is 0.115. The number of benzene rings is 1. The standard InChI is InChI=1S/C11H11FN2O4S/c1-14-7-9(6-13-14)8-17-10-2-4-11(5-3-10)18-19(12,15)16/h2-7H,8H2,1H3. The first-order chi connectivity index (χ1) is 8.92. The number of hydrogen-bond acceptors (Lipinski definition) is 5. The largest absolute Gasteiger partial charge is 0.489 e. The highest BCUT2D eigenvalue weighted by Gasteiger charge is 2.09. The minimum atomic E-state index is -4.99. The Bertz CT molecular complexity index is 652. The third-order valence-corrected chi connectivity index (χ3v) is 2.57. The second-order valence-electron chi connectivity index (χ2n) is 3.76. The van der Waals surface area contributed by atoms with Crippen molar-refractivity contribution in [2.45, 2.75) is 6.61 Å². The molecule has 0 amide bonds. The van der Waals surface area contributed by atoms with Crippen molar-refractivity contribution < 1.29 is 21.2 Å². The molecule has 102 valence electrons. The molecule has 6 nitrogen and oxygen atoms in total. The zero-order valence-electron chi connectivity index (χ0n) is 9.98. The van der Waals surface area contributed by atoms with E-state index in [1.807, 2.05) is 6.20 Å². The summed E-state index contributed by atoms with van der Waals surface area (Å²) in [5.41, 5.74) is 0.897. The average molecular weight is 286 g/mol. The van der Waals surface area contributed by atoms with E-state index in [0.717, 1.165) is 5.56 Å². The molecule has 1 aromatic carbocycles. The van der Waals surface area contributed by atoms with Gasteiger partial charge in [-0.2, -0.15) is 13.5 Å². The van der Waals surface area contributed by atoms with E-state index in [1.165, 1.54) is 24.3 Å². The second kappa shape index (κ2) is 5.27. The first-order valence-electron chi connectivity index (χ1n) is 5.27. The summed E-state index contributed by atoms with van der Waals surface area (Å²) in [7, 11) is -3.20. The molecule has 1 aromatic heterocycles. The molecule has 0 N–H and O–H groups in total. The molecule has 8 heteroatoms.